The SMILES string of the molecule is C=CCN(CC(=O)N(Cc1cccn1C)C1CC1)C(=O)c1cccc(Cl)c1. The molecule has 27 heavy (non-hydrogen) atoms. The highest BCUT2D eigenvalue weighted by Crippen LogP contribution is 2.28. The van der Waals surface area contributed by atoms with Gasteiger partial charge in [0.1, 0.15) is 6.54 Å². The summed E-state index contributed by atoms with van der Waals surface area (Å²) in [6.07, 6.45) is 5.63. The molecule has 1 aromatic carbocycles. The van der Waals surface area contributed by atoms with Crippen LogP contribution >= 0.6 is 11.6 Å². The highest BCUT2D eigenvalue weighted by atomic mass is 35.5. The van der Waals surface area contributed by atoms with Crippen LogP contribution in [0.5, 0.6) is 0 Å². The largest absolute Gasteiger partial charge is 0.353 e. The topological polar surface area (TPSA) is 45.6 Å². The molecule has 1 aliphatic carbocycles. The average molecular weight is 386 g/mol. The molecule has 142 valence electrons. The van der Waals surface area contributed by atoms with Gasteiger partial charge in [0.15, 0.2) is 0 Å². The number of carbonyl (C=O) groups is 2. The van der Waals surface area contributed by atoms with Gasteiger partial charge in [-0.3, -0.25) is 9.59 Å². The molecule has 3 rings (SSSR count). The zero-order valence-corrected chi connectivity index (χ0v) is 16.2. The van der Waals surface area contributed by atoms with Crippen molar-refractivity contribution in [2.45, 2.75) is 25.4 Å². The molecule has 2 aromatic rings. The average Bonchev–Trinajstić information content (AvgIpc) is 3.41. The van der Waals surface area contributed by atoms with Gasteiger partial charge in [-0.2, -0.15) is 0 Å². The van der Waals surface area contributed by atoms with Gasteiger partial charge in [0.2, 0.25) is 5.91 Å². The third-order valence-electron chi connectivity index (χ3n) is 4.73. The van der Waals surface area contributed by atoms with Crippen LogP contribution in [0.1, 0.15) is 28.9 Å². The summed E-state index contributed by atoms with van der Waals surface area (Å²) in [5.41, 5.74) is 1.55. The van der Waals surface area contributed by atoms with E-state index in [0.29, 0.717) is 23.7 Å². The molecular weight excluding hydrogens is 362 g/mol. The minimum absolute atomic E-state index is 0.0261. The summed E-state index contributed by atoms with van der Waals surface area (Å²) in [5.74, 6) is -0.267. The maximum atomic E-state index is 13.0. The Morgan fingerprint density at radius 1 is 1.30 bits per heavy atom. The summed E-state index contributed by atoms with van der Waals surface area (Å²) in [4.78, 5) is 29.3. The molecule has 0 aliphatic heterocycles. The van der Waals surface area contributed by atoms with Crippen molar-refractivity contribution in [1.82, 2.24) is 14.4 Å². The fraction of sp³-hybridized carbons (Fsp3) is 0.333. The Labute approximate surface area is 164 Å². The van der Waals surface area contributed by atoms with Gasteiger partial charge in [-0.05, 0) is 43.2 Å². The molecule has 5 nitrogen and oxygen atoms in total. The van der Waals surface area contributed by atoms with Crippen LogP contribution in [0.25, 0.3) is 0 Å². The van der Waals surface area contributed by atoms with Crippen molar-refractivity contribution in [3.05, 3.63) is 71.5 Å². The van der Waals surface area contributed by atoms with Gasteiger partial charge in [0.05, 0.1) is 6.54 Å². The van der Waals surface area contributed by atoms with Crippen LogP contribution in [-0.4, -0.2) is 45.3 Å². The summed E-state index contributed by atoms with van der Waals surface area (Å²) in [5, 5.41) is 0.494. The highest BCUT2D eigenvalue weighted by Gasteiger charge is 2.34. The maximum absolute atomic E-state index is 13.0. The van der Waals surface area contributed by atoms with Crippen LogP contribution in [0.2, 0.25) is 5.02 Å². The van der Waals surface area contributed by atoms with Crippen molar-refractivity contribution in [1.29, 1.82) is 0 Å². The monoisotopic (exact) mass is 385 g/mol. The first-order valence-electron chi connectivity index (χ1n) is 9.05. The number of hydrogen-bond acceptors (Lipinski definition) is 2. The molecule has 0 N–H and O–H groups in total. The van der Waals surface area contributed by atoms with E-state index in [1.807, 2.05) is 34.8 Å². The van der Waals surface area contributed by atoms with Crippen LogP contribution in [-0.2, 0) is 18.4 Å². The molecule has 6 heteroatoms. The van der Waals surface area contributed by atoms with Crippen molar-refractivity contribution in [3.8, 4) is 0 Å². The Kier molecular flexibility index (Phi) is 6.01. The second-order valence-electron chi connectivity index (χ2n) is 6.85. The molecule has 0 radical (unpaired) electrons. The summed E-state index contributed by atoms with van der Waals surface area (Å²) in [7, 11) is 1.97. The summed E-state index contributed by atoms with van der Waals surface area (Å²) >= 11 is 6.00. The molecule has 1 aromatic heterocycles. The molecule has 1 heterocycles. The molecule has 0 spiro atoms. The van der Waals surface area contributed by atoms with Gasteiger partial charge in [0, 0.05) is 42.1 Å². The van der Waals surface area contributed by atoms with Crippen LogP contribution in [0, 0.1) is 0 Å². The lowest BCUT2D eigenvalue weighted by atomic mass is 10.2. The third-order valence-corrected chi connectivity index (χ3v) is 4.96. The lowest BCUT2D eigenvalue weighted by molar-refractivity contribution is -0.133. The smallest absolute Gasteiger partial charge is 0.254 e. The van der Waals surface area contributed by atoms with Gasteiger partial charge in [-0.1, -0.05) is 23.7 Å². The number of carbonyl (C=O) groups excluding carboxylic acids is 2. The number of rotatable bonds is 8. The van der Waals surface area contributed by atoms with E-state index in [0.717, 1.165) is 18.5 Å². The van der Waals surface area contributed by atoms with Crippen molar-refractivity contribution >= 4 is 23.4 Å². The lowest BCUT2D eigenvalue weighted by Gasteiger charge is -2.27. The van der Waals surface area contributed by atoms with E-state index in [1.54, 1.807) is 30.3 Å². The Hall–Kier alpha value is -2.53. The highest BCUT2D eigenvalue weighted by molar-refractivity contribution is 6.31. The Balaban J connectivity index is 1.74. The van der Waals surface area contributed by atoms with Gasteiger partial charge >= 0.3 is 0 Å². The second-order valence-corrected chi connectivity index (χ2v) is 7.28. The van der Waals surface area contributed by atoms with Gasteiger partial charge in [0.25, 0.3) is 5.91 Å². The number of aromatic nitrogens is 1. The Morgan fingerprint density at radius 2 is 2.07 bits per heavy atom. The number of halogens is 1. The van der Waals surface area contributed by atoms with Gasteiger partial charge in [-0.15, -0.1) is 6.58 Å². The summed E-state index contributed by atoms with van der Waals surface area (Å²) in [6, 6.07) is 11.0. The normalized spacial score (nSPS) is 13.3. The second kappa shape index (κ2) is 8.44. The summed E-state index contributed by atoms with van der Waals surface area (Å²) in [6.45, 7) is 4.61. The van der Waals surface area contributed by atoms with Crippen LogP contribution in [0.3, 0.4) is 0 Å². The zero-order chi connectivity index (χ0) is 19.4. The quantitative estimate of drug-likeness (QED) is 0.653. The van der Waals surface area contributed by atoms with Crippen LogP contribution in [0.4, 0.5) is 0 Å². The Bertz CT molecular complexity index is 841. The minimum atomic E-state index is -0.222. The number of aryl methyl sites for hydroxylation is 1. The Morgan fingerprint density at radius 3 is 2.67 bits per heavy atom. The van der Waals surface area contributed by atoms with E-state index in [-0.39, 0.29) is 24.4 Å². The third kappa shape index (κ3) is 4.80. The fourth-order valence-corrected chi connectivity index (χ4v) is 3.27. The molecule has 1 saturated carbocycles. The number of hydrogen-bond donors (Lipinski definition) is 0. The predicted octanol–water partition coefficient (Wildman–Crippen LogP) is 3.50. The maximum Gasteiger partial charge on any atom is 0.254 e. The predicted molar refractivity (Wildman–Crippen MR) is 107 cm³/mol. The number of nitrogens with zero attached hydrogens (tertiary/aromatic N) is 3. The standard InChI is InChI=1S/C21H24ClN3O2/c1-3-11-24(21(27)16-6-4-7-17(22)13-16)15-20(26)25(18-9-10-18)14-19-8-5-12-23(19)2/h3-8,12-13,18H,1,9-11,14-15H2,2H3. The first-order valence-corrected chi connectivity index (χ1v) is 9.43. The fourth-order valence-electron chi connectivity index (χ4n) is 3.08. The summed E-state index contributed by atoms with van der Waals surface area (Å²) < 4.78 is 2.02. The number of benzene rings is 1. The van der Waals surface area contributed by atoms with E-state index in [2.05, 4.69) is 6.58 Å². The van der Waals surface area contributed by atoms with E-state index >= 15 is 0 Å². The van der Waals surface area contributed by atoms with E-state index in [4.69, 9.17) is 11.6 Å². The first kappa shape index (κ1) is 19.2. The van der Waals surface area contributed by atoms with Gasteiger partial charge < -0.3 is 14.4 Å². The van der Waals surface area contributed by atoms with Crippen molar-refractivity contribution in [3.63, 3.8) is 0 Å². The minimum Gasteiger partial charge on any atom is -0.353 e. The van der Waals surface area contributed by atoms with E-state index < -0.39 is 0 Å². The van der Waals surface area contributed by atoms with Crippen LogP contribution in [0.15, 0.2) is 55.3 Å². The molecule has 0 unspecified atom stereocenters. The van der Waals surface area contributed by atoms with Crippen molar-refractivity contribution in [2.24, 2.45) is 7.05 Å². The molecule has 2 amide bonds. The van der Waals surface area contributed by atoms with Gasteiger partial charge in [-0.25, -0.2) is 0 Å². The van der Waals surface area contributed by atoms with Crippen molar-refractivity contribution in [2.75, 3.05) is 13.1 Å². The molecule has 0 atom stereocenters. The molecule has 0 bridgehead atoms. The van der Waals surface area contributed by atoms with E-state index in [9.17, 15) is 9.59 Å². The molecular formula is C21H24ClN3O2. The molecule has 1 aliphatic rings. The number of amides is 2. The zero-order valence-electron chi connectivity index (χ0n) is 15.5. The van der Waals surface area contributed by atoms with Crippen molar-refractivity contribution < 1.29 is 9.59 Å². The molecule has 1 fully saturated rings. The first-order chi connectivity index (χ1) is 13.0. The lowest BCUT2D eigenvalue weighted by Crippen LogP contribution is -2.43. The van der Waals surface area contributed by atoms with Crippen LogP contribution < -0.4 is 0 Å². The van der Waals surface area contributed by atoms with E-state index in [1.165, 1.54) is 4.90 Å². The molecule has 0 saturated heterocycles.